The Labute approximate surface area is 115 Å². The summed E-state index contributed by atoms with van der Waals surface area (Å²) >= 11 is 0. The lowest BCUT2D eigenvalue weighted by molar-refractivity contribution is 0.0697. The van der Waals surface area contributed by atoms with E-state index in [0.717, 1.165) is 0 Å². The Balaban J connectivity index is 2.55. The molecule has 0 unspecified atom stereocenters. The fourth-order valence-electron chi connectivity index (χ4n) is 1.79. The summed E-state index contributed by atoms with van der Waals surface area (Å²) in [6, 6.07) is 8.66. The summed E-state index contributed by atoms with van der Waals surface area (Å²) in [5.41, 5.74) is -0.408. The van der Waals surface area contributed by atoms with Crippen LogP contribution in [0.2, 0.25) is 0 Å². The number of carboxylic acid groups (broad SMARTS) is 1. The predicted molar refractivity (Wildman–Crippen MR) is 74.9 cm³/mol. The van der Waals surface area contributed by atoms with Gasteiger partial charge >= 0.3 is 5.97 Å². The van der Waals surface area contributed by atoms with Crippen LogP contribution in [0, 0.1) is 0 Å². The molecular formula is C14H16N2O4. The molecule has 1 aromatic heterocycles. The van der Waals surface area contributed by atoms with E-state index in [1.807, 2.05) is 0 Å². The second kappa shape index (κ2) is 5.44. The van der Waals surface area contributed by atoms with E-state index in [4.69, 9.17) is 0 Å². The number of carboxylic acids is 1. The smallest absolute Gasteiger partial charge is 0.339 e. The maximum Gasteiger partial charge on any atom is 0.339 e. The van der Waals surface area contributed by atoms with Gasteiger partial charge in [-0.1, -0.05) is 18.2 Å². The second-order valence-corrected chi connectivity index (χ2v) is 4.88. The second-order valence-electron chi connectivity index (χ2n) is 4.88. The van der Waals surface area contributed by atoms with Crippen LogP contribution in [-0.2, 0) is 0 Å². The highest BCUT2D eigenvalue weighted by atomic mass is 16.4. The maximum absolute atomic E-state index is 11.3. The van der Waals surface area contributed by atoms with Gasteiger partial charge in [0.25, 0.3) is 0 Å². The molecule has 0 aliphatic rings. The number of para-hydroxylation sites is 1. The third-order valence-electron chi connectivity index (χ3n) is 3.07. The lowest BCUT2D eigenvalue weighted by Gasteiger charge is -2.27. The molecule has 2 rings (SSSR count). The molecule has 106 valence electrons. The number of fused-ring (bicyclic) bond motifs is 1. The summed E-state index contributed by atoms with van der Waals surface area (Å²) in [4.78, 5) is 15.6. The minimum atomic E-state index is -1.12. The first kappa shape index (κ1) is 14.2. The summed E-state index contributed by atoms with van der Waals surface area (Å²) in [6.07, 6.45) is 0. The normalized spacial score (nSPS) is 11.6. The van der Waals surface area contributed by atoms with Gasteiger partial charge in [0.05, 0.1) is 24.3 Å². The van der Waals surface area contributed by atoms with E-state index < -0.39 is 11.5 Å². The van der Waals surface area contributed by atoms with E-state index in [1.54, 1.807) is 31.2 Å². The van der Waals surface area contributed by atoms with Gasteiger partial charge in [0.1, 0.15) is 11.4 Å². The average Bonchev–Trinajstić information content (AvgIpc) is 2.46. The van der Waals surface area contributed by atoms with Crippen LogP contribution in [0.15, 0.2) is 30.3 Å². The molecule has 0 fully saturated rings. The third-order valence-corrected chi connectivity index (χ3v) is 3.07. The van der Waals surface area contributed by atoms with Crippen LogP contribution in [0.1, 0.15) is 17.3 Å². The van der Waals surface area contributed by atoms with E-state index in [0.29, 0.717) is 10.9 Å². The fraction of sp³-hybridized carbons (Fsp3) is 0.286. The SMILES string of the molecule is CC(CO)(CO)Nc1nc2ccccc2cc1C(=O)O. The molecule has 0 bridgehead atoms. The van der Waals surface area contributed by atoms with E-state index in [-0.39, 0.29) is 24.6 Å². The quantitative estimate of drug-likeness (QED) is 0.652. The average molecular weight is 276 g/mol. The number of hydrogen-bond donors (Lipinski definition) is 4. The number of anilines is 1. The first-order valence-electron chi connectivity index (χ1n) is 6.12. The number of nitrogens with one attached hydrogen (secondary N) is 1. The van der Waals surface area contributed by atoms with Crippen molar-refractivity contribution in [2.24, 2.45) is 0 Å². The zero-order chi connectivity index (χ0) is 14.8. The molecule has 1 heterocycles. The van der Waals surface area contributed by atoms with Gasteiger partial charge in [-0.3, -0.25) is 0 Å². The van der Waals surface area contributed by atoms with E-state index in [2.05, 4.69) is 10.3 Å². The van der Waals surface area contributed by atoms with Crippen molar-refractivity contribution in [1.29, 1.82) is 0 Å². The van der Waals surface area contributed by atoms with Gasteiger partial charge in [-0.2, -0.15) is 0 Å². The van der Waals surface area contributed by atoms with Gasteiger partial charge in [-0.15, -0.1) is 0 Å². The number of benzene rings is 1. The molecule has 0 aliphatic heterocycles. The molecule has 6 nitrogen and oxygen atoms in total. The van der Waals surface area contributed by atoms with Crippen molar-refractivity contribution < 1.29 is 20.1 Å². The van der Waals surface area contributed by atoms with Crippen LogP contribution in [0.5, 0.6) is 0 Å². The van der Waals surface area contributed by atoms with E-state index in [9.17, 15) is 20.1 Å². The van der Waals surface area contributed by atoms with Gasteiger partial charge < -0.3 is 20.6 Å². The largest absolute Gasteiger partial charge is 0.478 e. The molecule has 20 heavy (non-hydrogen) atoms. The highest BCUT2D eigenvalue weighted by Gasteiger charge is 2.25. The number of pyridine rings is 1. The van der Waals surface area contributed by atoms with Crippen molar-refractivity contribution in [2.75, 3.05) is 18.5 Å². The third kappa shape index (κ3) is 2.71. The van der Waals surface area contributed by atoms with Gasteiger partial charge in [-0.05, 0) is 19.1 Å². The van der Waals surface area contributed by atoms with Crippen LogP contribution in [0.4, 0.5) is 5.82 Å². The first-order chi connectivity index (χ1) is 9.49. The van der Waals surface area contributed by atoms with Crippen molar-refractivity contribution in [3.05, 3.63) is 35.9 Å². The Morgan fingerprint density at radius 1 is 1.30 bits per heavy atom. The highest BCUT2D eigenvalue weighted by molar-refractivity contribution is 5.98. The molecule has 0 saturated heterocycles. The van der Waals surface area contributed by atoms with Crippen molar-refractivity contribution in [3.63, 3.8) is 0 Å². The van der Waals surface area contributed by atoms with Gasteiger partial charge in [-0.25, -0.2) is 9.78 Å². The zero-order valence-electron chi connectivity index (χ0n) is 11.0. The van der Waals surface area contributed by atoms with Crippen molar-refractivity contribution >= 4 is 22.7 Å². The lowest BCUT2D eigenvalue weighted by atomic mass is 10.0. The number of aromatic nitrogens is 1. The molecule has 1 aromatic carbocycles. The summed E-state index contributed by atoms with van der Waals surface area (Å²) in [5.74, 6) is -0.995. The highest BCUT2D eigenvalue weighted by Crippen LogP contribution is 2.23. The lowest BCUT2D eigenvalue weighted by Crippen LogP contribution is -2.43. The summed E-state index contributed by atoms with van der Waals surface area (Å²) < 4.78 is 0. The minimum absolute atomic E-state index is 0.00294. The van der Waals surface area contributed by atoms with E-state index >= 15 is 0 Å². The van der Waals surface area contributed by atoms with Crippen molar-refractivity contribution in [3.8, 4) is 0 Å². The molecular weight excluding hydrogens is 260 g/mol. The molecule has 4 N–H and O–H groups in total. The monoisotopic (exact) mass is 276 g/mol. The number of rotatable bonds is 5. The summed E-state index contributed by atoms with van der Waals surface area (Å²) in [5, 5.41) is 31.4. The van der Waals surface area contributed by atoms with Gasteiger partial charge in [0, 0.05) is 5.39 Å². The summed E-state index contributed by atoms with van der Waals surface area (Å²) in [6.45, 7) is 0.879. The molecule has 0 amide bonds. The Kier molecular flexibility index (Phi) is 3.87. The number of aromatic carboxylic acids is 1. The first-order valence-corrected chi connectivity index (χ1v) is 6.12. The molecule has 0 spiro atoms. The summed E-state index contributed by atoms with van der Waals surface area (Å²) in [7, 11) is 0. The van der Waals surface area contributed by atoms with Crippen LogP contribution in [-0.4, -0.2) is 45.0 Å². The Morgan fingerprint density at radius 2 is 1.95 bits per heavy atom. The number of hydrogen-bond acceptors (Lipinski definition) is 5. The van der Waals surface area contributed by atoms with Crippen LogP contribution in [0.25, 0.3) is 10.9 Å². The number of carbonyl (C=O) groups is 1. The van der Waals surface area contributed by atoms with Gasteiger partial charge in [0.2, 0.25) is 0 Å². The minimum Gasteiger partial charge on any atom is -0.478 e. The number of nitrogens with zero attached hydrogens (tertiary/aromatic N) is 1. The Bertz CT molecular complexity index is 638. The predicted octanol–water partition coefficient (Wildman–Crippen LogP) is 1.09. The van der Waals surface area contributed by atoms with E-state index in [1.165, 1.54) is 6.07 Å². The number of aliphatic hydroxyl groups excluding tert-OH is 2. The Morgan fingerprint density at radius 3 is 2.55 bits per heavy atom. The standard InChI is InChI=1S/C14H16N2O4/c1-14(7-17,8-18)16-12-10(13(19)20)6-9-4-2-3-5-11(9)15-12/h2-6,17-18H,7-8H2,1H3,(H,15,16)(H,19,20). The van der Waals surface area contributed by atoms with Gasteiger partial charge in [0.15, 0.2) is 0 Å². The topological polar surface area (TPSA) is 103 Å². The molecule has 0 saturated carbocycles. The van der Waals surface area contributed by atoms with Crippen molar-refractivity contribution in [1.82, 2.24) is 4.98 Å². The molecule has 0 atom stereocenters. The molecule has 0 aliphatic carbocycles. The zero-order valence-corrected chi connectivity index (χ0v) is 11.0. The molecule has 2 aromatic rings. The Hall–Kier alpha value is -2.18. The van der Waals surface area contributed by atoms with Crippen LogP contribution >= 0.6 is 0 Å². The number of aliphatic hydroxyl groups is 2. The van der Waals surface area contributed by atoms with Crippen LogP contribution in [0.3, 0.4) is 0 Å². The van der Waals surface area contributed by atoms with Crippen LogP contribution < -0.4 is 5.32 Å². The maximum atomic E-state index is 11.3. The molecule has 0 radical (unpaired) electrons. The molecule has 6 heteroatoms. The fourth-order valence-corrected chi connectivity index (χ4v) is 1.79. The van der Waals surface area contributed by atoms with Crippen molar-refractivity contribution in [2.45, 2.75) is 12.5 Å².